The molecule has 0 saturated heterocycles. The predicted molar refractivity (Wildman–Crippen MR) is 81.2 cm³/mol. The molecule has 1 aliphatic heterocycles. The molecule has 5 heteroatoms. The highest BCUT2D eigenvalue weighted by atomic mass is 35.5. The number of benzene rings is 2. The smallest absolute Gasteiger partial charge is 0.344 e. The summed E-state index contributed by atoms with van der Waals surface area (Å²) >= 11 is 18.0. The third-order valence-corrected chi connectivity index (χ3v) is 4.01. The number of fused-ring (bicyclic) bond motifs is 1. The summed E-state index contributed by atoms with van der Waals surface area (Å²) in [4.78, 5) is 11.8. The number of halogens is 3. The van der Waals surface area contributed by atoms with Gasteiger partial charge in [0.25, 0.3) is 0 Å². The number of hydrogen-bond donors (Lipinski definition) is 0. The summed E-state index contributed by atoms with van der Waals surface area (Å²) in [5.41, 5.74) is 1.78. The monoisotopic (exact) mass is 324 g/mol. The lowest BCUT2D eigenvalue weighted by Crippen LogP contribution is -1.93. The van der Waals surface area contributed by atoms with Crippen molar-refractivity contribution in [3.8, 4) is 0 Å². The van der Waals surface area contributed by atoms with E-state index in [4.69, 9.17) is 39.5 Å². The number of ether oxygens (including phenoxy) is 1. The summed E-state index contributed by atoms with van der Waals surface area (Å²) in [6, 6.07) is 10.4. The Morgan fingerprint density at radius 1 is 0.900 bits per heavy atom. The van der Waals surface area contributed by atoms with Crippen LogP contribution in [0.5, 0.6) is 0 Å². The quantitative estimate of drug-likeness (QED) is 0.664. The second kappa shape index (κ2) is 5.13. The molecule has 0 amide bonds. The van der Waals surface area contributed by atoms with Crippen LogP contribution in [0.1, 0.15) is 21.5 Å². The first-order valence-corrected chi connectivity index (χ1v) is 6.87. The van der Waals surface area contributed by atoms with Gasteiger partial charge in [0.05, 0.1) is 15.6 Å². The van der Waals surface area contributed by atoms with E-state index in [1.165, 1.54) is 6.07 Å². The average molecular weight is 326 g/mol. The summed E-state index contributed by atoms with van der Waals surface area (Å²) in [5.74, 6) is -0.0338. The van der Waals surface area contributed by atoms with Crippen LogP contribution in [0.15, 0.2) is 36.4 Å². The fourth-order valence-electron chi connectivity index (χ4n) is 1.97. The second-order valence-electron chi connectivity index (χ2n) is 4.23. The number of rotatable bonds is 1. The molecule has 0 aliphatic carbocycles. The molecule has 2 aromatic carbocycles. The molecule has 3 rings (SSSR count). The number of hydrogen-bond acceptors (Lipinski definition) is 2. The molecule has 2 aromatic rings. The summed E-state index contributed by atoms with van der Waals surface area (Å²) < 4.78 is 5.25. The first kappa shape index (κ1) is 13.5. The van der Waals surface area contributed by atoms with Crippen molar-refractivity contribution in [3.63, 3.8) is 0 Å². The van der Waals surface area contributed by atoms with E-state index in [9.17, 15) is 4.79 Å². The van der Waals surface area contributed by atoms with Gasteiger partial charge in [0.15, 0.2) is 0 Å². The number of cyclic esters (lactones) is 1. The number of esters is 1. The zero-order chi connectivity index (χ0) is 14.3. The minimum Gasteiger partial charge on any atom is -0.422 e. The van der Waals surface area contributed by atoms with Crippen LogP contribution >= 0.6 is 34.8 Å². The fourth-order valence-corrected chi connectivity index (χ4v) is 2.49. The molecule has 0 aromatic heterocycles. The van der Waals surface area contributed by atoms with Crippen LogP contribution in [0.25, 0.3) is 11.8 Å². The highest BCUT2D eigenvalue weighted by Crippen LogP contribution is 2.37. The molecule has 0 N–H and O–H groups in total. The van der Waals surface area contributed by atoms with Gasteiger partial charge < -0.3 is 4.74 Å². The standard InChI is InChI=1S/C15H7Cl3O2/c16-11-4-2-1-3-8(11)5-14-9-6-12(17)13(18)7-10(9)15(19)20-14/h1-7H/b14-5-. The Balaban J connectivity index is 2.14. The van der Waals surface area contributed by atoms with Gasteiger partial charge in [0.2, 0.25) is 0 Å². The Bertz CT molecular complexity index is 751. The van der Waals surface area contributed by atoms with E-state index in [0.717, 1.165) is 5.56 Å². The maximum absolute atomic E-state index is 11.8. The Morgan fingerprint density at radius 2 is 1.55 bits per heavy atom. The molecular weight excluding hydrogens is 319 g/mol. The van der Waals surface area contributed by atoms with Gasteiger partial charge in [0, 0.05) is 10.6 Å². The van der Waals surface area contributed by atoms with Crippen molar-refractivity contribution in [2.24, 2.45) is 0 Å². The molecule has 20 heavy (non-hydrogen) atoms. The molecule has 100 valence electrons. The Hall–Kier alpha value is -1.48. The van der Waals surface area contributed by atoms with Gasteiger partial charge >= 0.3 is 5.97 Å². The van der Waals surface area contributed by atoms with Crippen molar-refractivity contribution in [2.75, 3.05) is 0 Å². The Kier molecular flexibility index (Phi) is 3.47. The van der Waals surface area contributed by atoms with Crippen LogP contribution in [0.3, 0.4) is 0 Å². The van der Waals surface area contributed by atoms with E-state index in [1.807, 2.05) is 18.2 Å². The van der Waals surface area contributed by atoms with Crippen molar-refractivity contribution in [2.45, 2.75) is 0 Å². The first-order chi connectivity index (χ1) is 9.56. The maximum Gasteiger partial charge on any atom is 0.344 e. The minimum absolute atomic E-state index is 0.321. The molecule has 0 bridgehead atoms. The predicted octanol–water partition coefficient (Wildman–Crippen LogP) is 5.32. The number of carbonyl (C=O) groups excluding carboxylic acids is 1. The van der Waals surface area contributed by atoms with E-state index < -0.39 is 5.97 Å². The molecule has 1 aliphatic rings. The van der Waals surface area contributed by atoms with Crippen molar-refractivity contribution in [1.29, 1.82) is 0 Å². The van der Waals surface area contributed by atoms with E-state index >= 15 is 0 Å². The van der Waals surface area contributed by atoms with E-state index in [2.05, 4.69) is 0 Å². The van der Waals surface area contributed by atoms with Crippen LogP contribution in [0.4, 0.5) is 0 Å². The maximum atomic E-state index is 11.8. The molecule has 0 fully saturated rings. The molecule has 0 spiro atoms. The molecule has 0 unspecified atom stereocenters. The largest absolute Gasteiger partial charge is 0.422 e. The van der Waals surface area contributed by atoms with Crippen molar-refractivity contribution >= 4 is 52.6 Å². The SMILES string of the molecule is O=C1O/C(=C\c2ccccc2Cl)c2cc(Cl)c(Cl)cc21. The third-order valence-electron chi connectivity index (χ3n) is 2.94. The minimum atomic E-state index is -0.447. The zero-order valence-corrected chi connectivity index (χ0v) is 12.3. The Labute approximate surface area is 130 Å². The van der Waals surface area contributed by atoms with E-state index in [1.54, 1.807) is 18.2 Å². The summed E-state index contributed by atoms with van der Waals surface area (Å²) in [6.07, 6.45) is 1.70. The van der Waals surface area contributed by atoms with Gasteiger partial charge in [-0.2, -0.15) is 0 Å². The third kappa shape index (κ3) is 2.31. The summed E-state index contributed by atoms with van der Waals surface area (Å²) in [7, 11) is 0. The molecule has 2 nitrogen and oxygen atoms in total. The topological polar surface area (TPSA) is 26.3 Å². The molecular formula is C15H7Cl3O2. The second-order valence-corrected chi connectivity index (χ2v) is 5.45. The highest BCUT2D eigenvalue weighted by molar-refractivity contribution is 6.42. The normalized spacial score (nSPS) is 15.3. The van der Waals surface area contributed by atoms with Gasteiger partial charge in [-0.1, -0.05) is 53.0 Å². The van der Waals surface area contributed by atoms with Gasteiger partial charge in [-0.25, -0.2) is 4.79 Å². The molecule has 0 radical (unpaired) electrons. The molecule has 1 heterocycles. The molecule has 0 saturated carbocycles. The average Bonchev–Trinajstić information content (AvgIpc) is 2.70. The highest BCUT2D eigenvalue weighted by Gasteiger charge is 2.27. The van der Waals surface area contributed by atoms with E-state index in [-0.39, 0.29) is 0 Å². The first-order valence-electron chi connectivity index (χ1n) is 5.74. The van der Waals surface area contributed by atoms with Gasteiger partial charge in [-0.3, -0.25) is 0 Å². The Morgan fingerprint density at radius 3 is 2.25 bits per heavy atom. The lowest BCUT2D eigenvalue weighted by Gasteiger charge is -2.02. The number of carbonyl (C=O) groups is 1. The summed E-state index contributed by atoms with van der Waals surface area (Å²) in [5, 5.41) is 1.26. The van der Waals surface area contributed by atoms with E-state index in [0.29, 0.717) is 32.0 Å². The van der Waals surface area contributed by atoms with Gasteiger partial charge in [-0.15, -0.1) is 0 Å². The van der Waals surface area contributed by atoms with Crippen LogP contribution in [0, 0.1) is 0 Å². The van der Waals surface area contributed by atoms with Gasteiger partial charge in [-0.05, 0) is 29.8 Å². The van der Waals surface area contributed by atoms with Crippen molar-refractivity contribution < 1.29 is 9.53 Å². The van der Waals surface area contributed by atoms with Crippen LogP contribution < -0.4 is 0 Å². The fraction of sp³-hybridized carbons (Fsp3) is 0. The lowest BCUT2D eigenvalue weighted by atomic mass is 10.1. The van der Waals surface area contributed by atoms with Crippen molar-refractivity contribution in [3.05, 3.63) is 68.2 Å². The van der Waals surface area contributed by atoms with Gasteiger partial charge in [0.1, 0.15) is 5.76 Å². The molecule has 0 atom stereocenters. The lowest BCUT2D eigenvalue weighted by molar-refractivity contribution is 0.0717. The van der Waals surface area contributed by atoms with Crippen LogP contribution in [-0.2, 0) is 4.74 Å². The summed E-state index contributed by atoms with van der Waals surface area (Å²) in [6.45, 7) is 0. The van der Waals surface area contributed by atoms with Crippen LogP contribution in [-0.4, -0.2) is 5.97 Å². The zero-order valence-electron chi connectivity index (χ0n) is 9.99. The van der Waals surface area contributed by atoms with Crippen molar-refractivity contribution in [1.82, 2.24) is 0 Å². The van der Waals surface area contributed by atoms with Crippen LogP contribution in [0.2, 0.25) is 15.1 Å².